The van der Waals surface area contributed by atoms with Crippen LogP contribution in [-0.4, -0.2) is 34.4 Å². The third-order valence-corrected chi connectivity index (χ3v) is 6.49. The van der Waals surface area contributed by atoms with Crippen LogP contribution in [0.25, 0.3) is 0 Å². The smallest absolute Gasteiger partial charge is 0.303 e. The van der Waals surface area contributed by atoms with Crippen LogP contribution in [0.2, 0.25) is 0 Å². The molecule has 2 rings (SSSR count). The SMILES string of the molecule is CCCCCC[C@@H](O)C/C=C\CCCCCCCC(=O)O.O=C=NC(N=C=O)(c1ccccc1)c1ccccc1. The molecule has 7 heteroatoms. The molecule has 7 nitrogen and oxygen atoms in total. The van der Waals surface area contributed by atoms with Gasteiger partial charge in [0.15, 0.2) is 0 Å². The van der Waals surface area contributed by atoms with Gasteiger partial charge < -0.3 is 10.2 Å². The molecule has 0 saturated heterocycles. The summed E-state index contributed by atoms with van der Waals surface area (Å²) in [5.41, 5.74) is -0.202. The molecule has 0 fully saturated rings. The molecule has 0 bridgehead atoms. The van der Waals surface area contributed by atoms with Gasteiger partial charge in [-0.15, -0.1) is 0 Å². The number of aliphatic hydroxyl groups excluding tert-OH is 1. The Morgan fingerprint density at radius 2 is 1.32 bits per heavy atom. The van der Waals surface area contributed by atoms with Gasteiger partial charge in [-0.1, -0.05) is 125 Å². The minimum Gasteiger partial charge on any atom is -0.481 e. The molecule has 0 aliphatic rings. The number of hydrogen-bond acceptors (Lipinski definition) is 6. The molecule has 0 spiro atoms. The van der Waals surface area contributed by atoms with E-state index in [1.807, 2.05) is 12.1 Å². The lowest BCUT2D eigenvalue weighted by atomic mass is 9.92. The number of aliphatic carboxylic acids is 1. The third-order valence-electron chi connectivity index (χ3n) is 6.49. The predicted molar refractivity (Wildman–Crippen MR) is 158 cm³/mol. The van der Waals surface area contributed by atoms with E-state index >= 15 is 0 Å². The Labute approximate surface area is 238 Å². The number of hydrogen-bond donors (Lipinski definition) is 2. The second-order valence-corrected chi connectivity index (χ2v) is 9.72. The molecule has 2 aromatic rings. The molecule has 0 aliphatic heterocycles. The molecule has 0 aromatic heterocycles. The Bertz CT molecular complexity index is 999. The van der Waals surface area contributed by atoms with Crippen molar-refractivity contribution in [1.82, 2.24) is 0 Å². The highest BCUT2D eigenvalue weighted by atomic mass is 16.4. The molecular formula is C33H44N2O5. The van der Waals surface area contributed by atoms with Crippen molar-refractivity contribution in [2.45, 2.75) is 102 Å². The summed E-state index contributed by atoms with van der Waals surface area (Å²) in [5.74, 6) is -0.689. The highest BCUT2D eigenvalue weighted by molar-refractivity contribution is 5.66. The number of carbonyl (C=O) groups excluding carboxylic acids is 2. The molecule has 0 unspecified atom stereocenters. The van der Waals surface area contributed by atoms with Gasteiger partial charge in [-0.05, 0) is 32.1 Å². The number of nitrogens with zero attached hydrogens (tertiary/aromatic N) is 2. The lowest BCUT2D eigenvalue weighted by Gasteiger charge is -2.22. The summed E-state index contributed by atoms with van der Waals surface area (Å²) >= 11 is 0. The zero-order valence-electron chi connectivity index (χ0n) is 23.7. The first-order valence-corrected chi connectivity index (χ1v) is 14.3. The number of isocyanates is 2. The molecule has 0 radical (unpaired) electrons. The van der Waals surface area contributed by atoms with Crippen molar-refractivity contribution in [3.05, 3.63) is 83.9 Å². The van der Waals surface area contributed by atoms with Crippen LogP contribution in [0, 0.1) is 0 Å². The van der Waals surface area contributed by atoms with Gasteiger partial charge in [0.25, 0.3) is 0 Å². The van der Waals surface area contributed by atoms with E-state index in [9.17, 15) is 19.5 Å². The topological polar surface area (TPSA) is 116 Å². The first kappa shape index (κ1) is 34.4. The predicted octanol–water partition coefficient (Wildman–Crippen LogP) is 7.64. The van der Waals surface area contributed by atoms with Gasteiger partial charge in [0.05, 0.1) is 6.10 Å². The van der Waals surface area contributed by atoms with Crippen molar-refractivity contribution in [2.24, 2.45) is 9.98 Å². The second-order valence-electron chi connectivity index (χ2n) is 9.72. The number of carboxylic acid groups (broad SMARTS) is 1. The molecule has 0 aliphatic carbocycles. The highest BCUT2D eigenvalue weighted by Gasteiger charge is 2.34. The first-order valence-electron chi connectivity index (χ1n) is 14.3. The zero-order valence-corrected chi connectivity index (χ0v) is 23.7. The standard InChI is InChI=1S/C18H34O3.C15H10N2O2/c1-2-3-4-11-14-17(19)15-12-9-7-5-6-8-10-13-16-18(20)21;18-11-16-15(17-12-19,13-7-3-1-4-8-13)14-9-5-2-6-10-14/h9,12,17,19H,2-8,10-11,13-16H2,1H3,(H,20,21);1-10H/b12-9-;/t17-;/m1./s1. The van der Waals surface area contributed by atoms with E-state index < -0.39 is 11.6 Å². The van der Waals surface area contributed by atoms with Crippen LogP contribution in [-0.2, 0) is 20.0 Å². The van der Waals surface area contributed by atoms with E-state index in [-0.39, 0.29) is 6.10 Å². The van der Waals surface area contributed by atoms with Crippen molar-refractivity contribution >= 4 is 18.1 Å². The van der Waals surface area contributed by atoms with Crippen molar-refractivity contribution in [2.75, 3.05) is 0 Å². The molecule has 2 aromatic carbocycles. The van der Waals surface area contributed by atoms with Gasteiger partial charge in [-0.3, -0.25) is 4.79 Å². The molecule has 40 heavy (non-hydrogen) atoms. The number of unbranched alkanes of at least 4 members (excludes halogenated alkanes) is 8. The maximum atomic E-state index is 10.8. The van der Waals surface area contributed by atoms with Gasteiger partial charge in [-0.25, -0.2) is 9.59 Å². The summed E-state index contributed by atoms with van der Waals surface area (Å²) in [5, 5.41) is 18.3. The monoisotopic (exact) mass is 548 g/mol. The quantitative estimate of drug-likeness (QED) is 0.0810. The van der Waals surface area contributed by atoms with Crippen LogP contribution in [0.3, 0.4) is 0 Å². The van der Waals surface area contributed by atoms with Crippen LogP contribution in [0.15, 0.2) is 82.8 Å². The summed E-state index contributed by atoms with van der Waals surface area (Å²) < 4.78 is 0. The van der Waals surface area contributed by atoms with E-state index in [0.717, 1.165) is 51.4 Å². The maximum Gasteiger partial charge on any atom is 0.303 e. The normalized spacial score (nSPS) is 11.6. The Kier molecular flexibility index (Phi) is 19.1. The Hall–Kier alpha value is -3.63. The summed E-state index contributed by atoms with van der Waals surface area (Å²) in [6.45, 7) is 2.20. The molecular weight excluding hydrogens is 504 g/mol. The molecule has 1 atom stereocenters. The maximum absolute atomic E-state index is 10.8. The minimum absolute atomic E-state index is 0.172. The fourth-order valence-corrected chi connectivity index (χ4v) is 4.29. The Balaban J connectivity index is 0.000000401. The van der Waals surface area contributed by atoms with E-state index in [2.05, 4.69) is 29.1 Å². The van der Waals surface area contributed by atoms with Gasteiger partial charge in [0.1, 0.15) is 0 Å². The van der Waals surface area contributed by atoms with E-state index in [1.54, 1.807) is 48.5 Å². The van der Waals surface area contributed by atoms with Gasteiger partial charge in [0.2, 0.25) is 17.8 Å². The van der Waals surface area contributed by atoms with Crippen LogP contribution in [0.4, 0.5) is 0 Å². The number of carbonyl (C=O) groups is 1. The van der Waals surface area contributed by atoms with E-state index in [1.165, 1.54) is 37.8 Å². The number of benzene rings is 2. The van der Waals surface area contributed by atoms with Gasteiger partial charge in [0, 0.05) is 17.5 Å². The Morgan fingerprint density at radius 3 is 1.85 bits per heavy atom. The van der Waals surface area contributed by atoms with Crippen molar-refractivity contribution in [3.8, 4) is 0 Å². The lowest BCUT2D eigenvalue weighted by molar-refractivity contribution is -0.137. The summed E-state index contributed by atoms with van der Waals surface area (Å²) in [4.78, 5) is 39.4. The molecule has 0 saturated carbocycles. The summed E-state index contributed by atoms with van der Waals surface area (Å²) in [7, 11) is 0. The molecule has 2 N–H and O–H groups in total. The number of rotatable bonds is 19. The van der Waals surface area contributed by atoms with Crippen LogP contribution in [0.5, 0.6) is 0 Å². The lowest BCUT2D eigenvalue weighted by Crippen LogP contribution is -2.22. The number of carboxylic acids is 1. The number of allylic oxidation sites excluding steroid dienone is 1. The van der Waals surface area contributed by atoms with Gasteiger partial charge >= 0.3 is 5.97 Å². The van der Waals surface area contributed by atoms with Crippen LogP contribution < -0.4 is 0 Å². The number of aliphatic hydroxyl groups is 1. The average Bonchev–Trinajstić information content (AvgIpc) is 2.97. The second kappa shape index (κ2) is 22.2. The molecule has 0 amide bonds. The summed E-state index contributed by atoms with van der Waals surface area (Å²) in [6, 6.07) is 17.8. The van der Waals surface area contributed by atoms with E-state index in [4.69, 9.17) is 5.11 Å². The Morgan fingerprint density at radius 1 is 0.800 bits per heavy atom. The largest absolute Gasteiger partial charge is 0.481 e. The average molecular weight is 549 g/mol. The van der Waals surface area contributed by atoms with Crippen LogP contribution >= 0.6 is 0 Å². The fraction of sp³-hybridized carbons (Fsp3) is 0.485. The zero-order chi connectivity index (χ0) is 29.3. The highest BCUT2D eigenvalue weighted by Crippen LogP contribution is 2.34. The third kappa shape index (κ3) is 14.5. The minimum atomic E-state index is -1.41. The first-order chi connectivity index (χ1) is 19.5. The van der Waals surface area contributed by atoms with Crippen molar-refractivity contribution in [3.63, 3.8) is 0 Å². The fourth-order valence-electron chi connectivity index (χ4n) is 4.29. The molecule has 216 valence electrons. The molecule has 0 heterocycles. The van der Waals surface area contributed by atoms with Crippen LogP contribution in [0.1, 0.15) is 102 Å². The van der Waals surface area contributed by atoms with Crippen molar-refractivity contribution < 1.29 is 24.6 Å². The van der Waals surface area contributed by atoms with Gasteiger partial charge in [-0.2, -0.15) is 9.98 Å². The van der Waals surface area contributed by atoms with Crippen molar-refractivity contribution in [1.29, 1.82) is 0 Å². The number of aliphatic imine (C=N–C) groups is 2. The summed E-state index contributed by atoms with van der Waals surface area (Å²) in [6.07, 6.45) is 20.3. The van der Waals surface area contributed by atoms with E-state index in [0.29, 0.717) is 17.5 Å².